The van der Waals surface area contributed by atoms with Crippen molar-refractivity contribution in [3.8, 4) is 5.75 Å². The SMILES string of the molecule is Cc1cc(C)c(OCCNC(=O)N2CCN(c3ccccc3F)CC2)c(C)c1. The molecule has 0 saturated carbocycles. The minimum atomic E-state index is -0.223. The van der Waals surface area contributed by atoms with E-state index in [2.05, 4.69) is 24.4 Å². The van der Waals surface area contributed by atoms with Crippen molar-refractivity contribution in [3.63, 3.8) is 0 Å². The maximum atomic E-state index is 13.9. The molecule has 0 bridgehead atoms. The number of carbonyl (C=O) groups excluding carboxylic acids is 1. The van der Waals surface area contributed by atoms with Crippen molar-refractivity contribution in [2.75, 3.05) is 44.2 Å². The minimum Gasteiger partial charge on any atom is -0.491 e. The van der Waals surface area contributed by atoms with E-state index in [4.69, 9.17) is 4.74 Å². The Bertz CT molecular complexity index is 809. The van der Waals surface area contributed by atoms with E-state index < -0.39 is 0 Å². The van der Waals surface area contributed by atoms with Gasteiger partial charge in [-0.15, -0.1) is 0 Å². The van der Waals surface area contributed by atoms with Crippen LogP contribution < -0.4 is 15.0 Å². The van der Waals surface area contributed by atoms with E-state index in [0.717, 1.165) is 16.9 Å². The van der Waals surface area contributed by atoms with Gasteiger partial charge in [-0.2, -0.15) is 0 Å². The number of carbonyl (C=O) groups is 1. The summed E-state index contributed by atoms with van der Waals surface area (Å²) in [4.78, 5) is 16.1. The summed E-state index contributed by atoms with van der Waals surface area (Å²) in [6.45, 7) is 9.36. The fourth-order valence-electron chi connectivity index (χ4n) is 3.68. The number of amides is 2. The van der Waals surface area contributed by atoms with E-state index >= 15 is 0 Å². The Morgan fingerprint density at radius 3 is 2.36 bits per heavy atom. The summed E-state index contributed by atoms with van der Waals surface area (Å²) in [6.07, 6.45) is 0. The second kappa shape index (κ2) is 8.95. The first-order valence-electron chi connectivity index (χ1n) is 9.68. The van der Waals surface area contributed by atoms with Crippen LogP contribution in [0.2, 0.25) is 0 Å². The smallest absolute Gasteiger partial charge is 0.317 e. The molecule has 2 aromatic carbocycles. The first-order chi connectivity index (χ1) is 13.5. The quantitative estimate of drug-likeness (QED) is 0.799. The Morgan fingerprint density at radius 2 is 1.71 bits per heavy atom. The number of anilines is 1. The van der Waals surface area contributed by atoms with Crippen molar-refractivity contribution in [3.05, 3.63) is 58.9 Å². The molecule has 5 nitrogen and oxygen atoms in total. The number of hydrogen-bond acceptors (Lipinski definition) is 3. The Morgan fingerprint density at radius 1 is 1.07 bits per heavy atom. The summed E-state index contributed by atoms with van der Waals surface area (Å²) in [5.74, 6) is 0.664. The molecular weight excluding hydrogens is 357 g/mol. The molecule has 150 valence electrons. The number of para-hydroxylation sites is 1. The van der Waals surface area contributed by atoms with Gasteiger partial charge < -0.3 is 19.9 Å². The summed E-state index contributed by atoms with van der Waals surface area (Å²) < 4.78 is 19.8. The van der Waals surface area contributed by atoms with Gasteiger partial charge in [-0.25, -0.2) is 9.18 Å². The molecule has 1 aliphatic rings. The predicted molar refractivity (Wildman–Crippen MR) is 110 cm³/mol. The second-order valence-corrected chi connectivity index (χ2v) is 7.23. The van der Waals surface area contributed by atoms with Crippen LogP contribution in [0.15, 0.2) is 36.4 Å². The molecule has 0 spiro atoms. The number of rotatable bonds is 5. The van der Waals surface area contributed by atoms with Gasteiger partial charge in [0.15, 0.2) is 0 Å². The lowest BCUT2D eigenvalue weighted by atomic mass is 10.1. The number of hydrogen-bond donors (Lipinski definition) is 1. The van der Waals surface area contributed by atoms with Gasteiger partial charge in [-0.1, -0.05) is 29.8 Å². The molecule has 28 heavy (non-hydrogen) atoms. The normalized spacial score (nSPS) is 14.1. The number of ether oxygens (including phenoxy) is 1. The molecule has 1 fully saturated rings. The van der Waals surface area contributed by atoms with Crippen molar-refractivity contribution in [1.82, 2.24) is 10.2 Å². The van der Waals surface area contributed by atoms with Crippen molar-refractivity contribution in [1.29, 1.82) is 0 Å². The van der Waals surface area contributed by atoms with Crippen LogP contribution in [0.5, 0.6) is 5.75 Å². The lowest BCUT2D eigenvalue weighted by molar-refractivity contribution is 0.191. The van der Waals surface area contributed by atoms with Crippen molar-refractivity contribution in [2.24, 2.45) is 0 Å². The first kappa shape index (κ1) is 20.0. The molecule has 0 aromatic heterocycles. The highest BCUT2D eigenvalue weighted by atomic mass is 19.1. The molecule has 6 heteroatoms. The summed E-state index contributed by atoms with van der Waals surface area (Å²) >= 11 is 0. The van der Waals surface area contributed by atoms with E-state index in [1.165, 1.54) is 11.6 Å². The Balaban J connectivity index is 1.42. The minimum absolute atomic E-state index is 0.103. The summed E-state index contributed by atoms with van der Waals surface area (Å²) in [6, 6.07) is 10.8. The van der Waals surface area contributed by atoms with Gasteiger partial charge in [0.1, 0.15) is 18.2 Å². The predicted octanol–water partition coefficient (Wildman–Crippen LogP) is 3.66. The van der Waals surface area contributed by atoms with Crippen LogP contribution >= 0.6 is 0 Å². The fraction of sp³-hybridized carbons (Fsp3) is 0.409. The van der Waals surface area contributed by atoms with E-state index in [-0.39, 0.29) is 11.8 Å². The third kappa shape index (κ3) is 4.74. The number of benzene rings is 2. The summed E-state index contributed by atoms with van der Waals surface area (Å²) in [5, 5.41) is 2.91. The zero-order valence-corrected chi connectivity index (χ0v) is 16.8. The summed E-state index contributed by atoms with van der Waals surface area (Å²) in [7, 11) is 0. The standard InChI is InChI=1S/C22H28FN3O2/c1-16-14-17(2)21(18(3)15-16)28-13-8-24-22(27)26-11-9-25(10-12-26)20-7-5-4-6-19(20)23/h4-7,14-15H,8-13H2,1-3H3,(H,24,27). The maximum absolute atomic E-state index is 13.9. The third-order valence-electron chi connectivity index (χ3n) is 4.99. The first-order valence-corrected chi connectivity index (χ1v) is 9.68. The van der Waals surface area contributed by atoms with Crippen LogP contribution in [-0.4, -0.2) is 50.3 Å². The van der Waals surface area contributed by atoms with Gasteiger partial charge in [0, 0.05) is 26.2 Å². The third-order valence-corrected chi connectivity index (χ3v) is 4.99. The van der Waals surface area contributed by atoms with Crippen molar-refractivity contribution in [2.45, 2.75) is 20.8 Å². The van der Waals surface area contributed by atoms with Gasteiger partial charge in [0.05, 0.1) is 12.2 Å². The number of urea groups is 1. The van der Waals surface area contributed by atoms with Crippen LogP contribution in [0.1, 0.15) is 16.7 Å². The molecule has 1 saturated heterocycles. The van der Waals surface area contributed by atoms with Crippen LogP contribution in [0, 0.1) is 26.6 Å². The molecule has 0 unspecified atom stereocenters. The Hall–Kier alpha value is -2.76. The lowest BCUT2D eigenvalue weighted by Gasteiger charge is -2.36. The molecule has 1 N–H and O–H groups in total. The highest BCUT2D eigenvalue weighted by Crippen LogP contribution is 2.24. The van der Waals surface area contributed by atoms with Gasteiger partial charge in [-0.05, 0) is 44.0 Å². The van der Waals surface area contributed by atoms with E-state index in [1.54, 1.807) is 17.0 Å². The van der Waals surface area contributed by atoms with E-state index in [1.807, 2.05) is 24.8 Å². The molecule has 0 radical (unpaired) electrons. The van der Waals surface area contributed by atoms with Crippen molar-refractivity contribution < 1.29 is 13.9 Å². The van der Waals surface area contributed by atoms with Gasteiger partial charge in [-0.3, -0.25) is 0 Å². The molecule has 2 aromatic rings. The van der Waals surface area contributed by atoms with Crippen LogP contribution in [-0.2, 0) is 0 Å². The Kier molecular flexibility index (Phi) is 6.39. The fourth-order valence-corrected chi connectivity index (χ4v) is 3.68. The molecule has 0 aliphatic carbocycles. The number of nitrogens with zero attached hydrogens (tertiary/aromatic N) is 2. The lowest BCUT2D eigenvalue weighted by Crippen LogP contribution is -2.52. The van der Waals surface area contributed by atoms with Gasteiger partial charge >= 0.3 is 6.03 Å². The largest absolute Gasteiger partial charge is 0.491 e. The van der Waals surface area contributed by atoms with Crippen molar-refractivity contribution >= 4 is 11.7 Å². The highest BCUT2D eigenvalue weighted by molar-refractivity contribution is 5.74. The number of halogens is 1. The molecule has 2 amide bonds. The van der Waals surface area contributed by atoms with E-state index in [0.29, 0.717) is 45.0 Å². The summed E-state index contributed by atoms with van der Waals surface area (Å²) in [5.41, 5.74) is 4.02. The topological polar surface area (TPSA) is 44.8 Å². The van der Waals surface area contributed by atoms with Crippen LogP contribution in [0.3, 0.4) is 0 Å². The van der Waals surface area contributed by atoms with Gasteiger partial charge in [0.2, 0.25) is 0 Å². The highest BCUT2D eigenvalue weighted by Gasteiger charge is 2.22. The van der Waals surface area contributed by atoms with Crippen LogP contribution in [0.25, 0.3) is 0 Å². The van der Waals surface area contributed by atoms with Gasteiger partial charge in [0.25, 0.3) is 0 Å². The maximum Gasteiger partial charge on any atom is 0.317 e. The molecule has 1 aliphatic heterocycles. The number of nitrogens with one attached hydrogen (secondary N) is 1. The van der Waals surface area contributed by atoms with E-state index in [9.17, 15) is 9.18 Å². The molecule has 3 rings (SSSR count). The molecular formula is C22H28FN3O2. The Labute approximate surface area is 166 Å². The number of piperazine rings is 1. The number of aryl methyl sites for hydroxylation is 3. The second-order valence-electron chi connectivity index (χ2n) is 7.23. The zero-order chi connectivity index (χ0) is 20.1. The molecule has 0 atom stereocenters. The average molecular weight is 385 g/mol. The monoisotopic (exact) mass is 385 g/mol. The van der Waals surface area contributed by atoms with Crippen LogP contribution in [0.4, 0.5) is 14.9 Å². The average Bonchev–Trinajstić information content (AvgIpc) is 2.67. The zero-order valence-electron chi connectivity index (χ0n) is 16.8. The molecule has 1 heterocycles.